The summed E-state index contributed by atoms with van der Waals surface area (Å²) in [5, 5.41) is 11.0. The molecule has 0 spiro atoms. The van der Waals surface area contributed by atoms with Crippen LogP contribution >= 0.6 is 23.2 Å². The molecule has 2 N–H and O–H groups in total. The number of rotatable bonds is 5. The third-order valence-corrected chi connectivity index (χ3v) is 11.0. The molecule has 1 aromatic heterocycles. The van der Waals surface area contributed by atoms with Crippen LogP contribution in [0.25, 0.3) is 0 Å². The zero-order valence-electron chi connectivity index (χ0n) is 27.1. The number of hydrazine groups is 1. The normalized spacial score (nSPS) is 26.8. The highest BCUT2D eigenvalue weighted by atomic mass is 35.5. The fourth-order valence-corrected chi connectivity index (χ4v) is 8.64. The number of hydrogen-bond acceptors (Lipinski definition) is 10. The Morgan fingerprint density at radius 3 is 2.35 bits per heavy atom. The van der Waals surface area contributed by atoms with Gasteiger partial charge < -0.3 is 14.6 Å². The molecule has 4 aliphatic rings. The van der Waals surface area contributed by atoms with E-state index in [0.717, 1.165) is 7.11 Å². The summed E-state index contributed by atoms with van der Waals surface area (Å²) in [6.07, 6.45) is -3.84. The van der Waals surface area contributed by atoms with Crippen molar-refractivity contribution < 1.29 is 51.7 Å². The summed E-state index contributed by atoms with van der Waals surface area (Å²) in [6.45, 7) is 0. The number of alkyl halides is 3. The van der Waals surface area contributed by atoms with Crippen LogP contribution in [0.2, 0.25) is 10.0 Å². The van der Waals surface area contributed by atoms with Crippen molar-refractivity contribution in [3.05, 3.63) is 93.1 Å². The summed E-state index contributed by atoms with van der Waals surface area (Å²) in [5.41, 5.74) is 0.823. The number of aromatic hydroxyl groups is 1. The number of likely N-dealkylation sites (tertiary alicyclic amines) is 1. The van der Waals surface area contributed by atoms with Gasteiger partial charge in [0, 0.05) is 17.1 Å². The molecule has 2 aliphatic heterocycles. The first-order chi connectivity index (χ1) is 24.6. The van der Waals surface area contributed by atoms with E-state index >= 15 is 4.79 Å². The Kier molecular flexibility index (Phi) is 8.49. The lowest BCUT2D eigenvalue weighted by molar-refractivity contribution is -0.140. The van der Waals surface area contributed by atoms with Crippen molar-refractivity contribution in [1.82, 2.24) is 14.9 Å². The molecule has 1 saturated carbocycles. The minimum absolute atomic E-state index is 0.0107. The topological polar surface area (TPSA) is 155 Å². The van der Waals surface area contributed by atoms with Gasteiger partial charge in [-0.1, -0.05) is 53.1 Å². The number of pyridine rings is 1. The highest BCUT2D eigenvalue weighted by molar-refractivity contribution is 6.33. The maximum absolute atomic E-state index is 15.2. The van der Waals surface area contributed by atoms with E-state index in [9.17, 15) is 37.5 Å². The van der Waals surface area contributed by atoms with Crippen LogP contribution in [0.5, 0.6) is 11.5 Å². The van der Waals surface area contributed by atoms with E-state index in [0.29, 0.717) is 43.9 Å². The molecule has 270 valence electrons. The number of imide groups is 4. The summed E-state index contributed by atoms with van der Waals surface area (Å²) < 4.78 is 50.3. The number of fused-ring (bicyclic) bond motifs is 4. The first kappa shape index (κ1) is 35.3. The number of halogens is 5. The van der Waals surface area contributed by atoms with Gasteiger partial charge in [0.2, 0.25) is 11.8 Å². The SMILES string of the molecule is COC(=O)N1C(=O)[C@H]2[C@H](CC=C3[C@H]2C[C@H]2C(=O)N(Nc4ncc(C(F)(F)F)cc4Cl)C(=O)[C@@]2(c2ccc(Cl)cc2)[C@H]3c2ccc(O)c(OC)c2)C1=O. The molecule has 12 nitrogen and oxygen atoms in total. The molecule has 3 aromatic rings. The highest BCUT2D eigenvalue weighted by Gasteiger charge is 2.70. The van der Waals surface area contributed by atoms with E-state index in [-0.39, 0.29) is 24.3 Å². The first-order valence-corrected chi connectivity index (χ1v) is 16.6. The third kappa shape index (κ3) is 5.11. The van der Waals surface area contributed by atoms with Crippen LogP contribution < -0.4 is 10.2 Å². The Morgan fingerprint density at radius 2 is 1.71 bits per heavy atom. The van der Waals surface area contributed by atoms with Gasteiger partial charge in [-0.05, 0) is 60.2 Å². The number of nitrogens with one attached hydrogen (secondary N) is 1. The Balaban J connectivity index is 1.44. The monoisotopic (exact) mass is 758 g/mol. The number of anilines is 1. The van der Waals surface area contributed by atoms with Crippen molar-refractivity contribution in [2.45, 2.75) is 30.4 Å². The summed E-state index contributed by atoms with van der Waals surface area (Å²) >= 11 is 12.5. The average Bonchev–Trinajstić information content (AvgIpc) is 3.49. The predicted octanol–water partition coefficient (Wildman–Crippen LogP) is 5.87. The number of allylic oxidation sites excluding steroid dienone is 2. The Labute approximate surface area is 303 Å². The molecule has 7 rings (SSSR count). The van der Waals surface area contributed by atoms with E-state index in [4.69, 9.17) is 32.7 Å². The first-order valence-electron chi connectivity index (χ1n) is 15.8. The molecule has 2 aromatic carbocycles. The molecule has 3 fully saturated rings. The second-order valence-corrected chi connectivity index (χ2v) is 13.7. The Bertz CT molecular complexity index is 2090. The minimum atomic E-state index is -4.77. The fourth-order valence-electron chi connectivity index (χ4n) is 8.30. The quantitative estimate of drug-likeness (QED) is 0.238. The van der Waals surface area contributed by atoms with Gasteiger partial charge in [0.15, 0.2) is 17.3 Å². The van der Waals surface area contributed by atoms with Gasteiger partial charge in [-0.3, -0.25) is 24.6 Å². The molecule has 0 unspecified atom stereocenters. The molecule has 17 heteroatoms. The van der Waals surface area contributed by atoms with Crippen LogP contribution in [-0.2, 0) is 35.5 Å². The molecule has 2 aliphatic carbocycles. The fraction of sp³-hybridized carbons (Fsp3) is 0.314. The van der Waals surface area contributed by atoms with Gasteiger partial charge in [0.25, 0.3) is 11.8 Å². The van der Waals surface area contributed by atoms with Crippen molar-refractivity contribution in [1.29, 1.82) is 0 Å². The lowest BCUT2D eigenvalue weighted by atomic mass is 9.49. The molecular weight excluding hydrogens is 732 g/mol. The van der Waals surface area contributed by atoms with Gasteiger partial charge >= 0.3 is 12.3 Å². The molecule has 6 atom stereocenters. The van der Waals surface area contributed by atoms with Crippen LogP contribution in [-0.4, -0.2) is 63.9 Å². The van der Waals surface area contributed by atoms with Crippen LogP contribution in [0.15, 0.2) is 66.4 Å². The van der Waals surface area contributed by atoms with E-state index in [1.807, 2.05) is 0 Å². The van der Waals surface area contributed by atoms with Crippen molar-refractivity contribution in [2.75, 3.05) is 19.6 Å². The maximum atomic E-state index is 15.2. The van der Waals surface area contributed by atoms with Crippen molar-refractivity contribution in [3.63, 3.8) is 0 Å². The summed E-state index contributed by atoms with van der Waals surface area (Å²) in [7, 11) is 2.36. The van der Waals surface area contributed by atoms with Crippen LogP contribution in [0.4, 0.5) is 23.8 Å². The number of methoxy groups -OCH3 is 2. The van der Waals surface area contributed by atoms with E-state index < -0.39 is 87.3 Å². The lowest BCUT2D eigenvalue weighted by Crippen LogP contribution is -2.53. The third-order valence-electron chi connectivity index (χ3n) is 10.5. The Morgan fingerprint density at radius 1 is 1.00 bits per heavy atom. The molecule has 5 amide bonds. The molecule has 0 radical (unpaired) electrons. The number of nitrogens with zero attached hydrogens (tertiary/aromatic N) is 3. The highest BCUT2D eigenvalue weighted by Crippen LogP contribution is 2.64. The van der Waals surface area contributed by atoms with Crippen LogP contribution in [0.3, 0.4) is 0 Å². The number of amides is 5. The largest absolute Gasteiger partial charge is 0.504 e. The number of ether oxygens (including phenoxy) is 2. The van der Waals surface area contributed by atoms with E-state index in [1.165, 1.54) is 37.4 Å². The second kappa shape index (κ2) is 12.5. The standard InChI is InChI=1S/C35H27Cl2F3N4O8/c1-51-25-11-15(3-10-24(25)45)27-19-8-9-20-26(31(48)43(29(20)46)33(50)52-2)21(19)13-22-30(47)44(32(49)34(22,27)16-4-6-18(36)7-5-16)42-28-23(37)12-17(14-41-28)35(38,39)40/h3-8,10-12,14,20-22,26-27,45H,9,13H2,1-2H3,(H,41,42)/t20-,21+,22-,26-,27-,34+/m0/s1. The van der Waals surface area contributed by atoms with Crippen molar-refractivity contribution in [3.8, 4) is 11.5 Å². The summed E-state index contributed by atoms with van der Waals surface area (Å²) in [5.74, 6) is -9.09. The molecule has 52 heavy (non-hydrogen) atoms. The average molecular weight is 760 g/mol. The van der Waals surface area contributed by atoms with Gasteiger partial charge in [-0.2, -0.15) is 23.1 Å². The predicted molar refractivity (Wildman–Crippen MR) is 176 cm³/mol. The van der Waals surface area contributed by atoms with E-state index in [1.54, 1.807) is 18.2 Å². The van der Waals surface area contributed by atoms with Gasteiger partial charge in [-0.25, -0.2) is 9.78 Å². The number of carbonyl (C=O) groups excluding carboxylic acids is 5. The molecule has 2 saturated heterocycles. The van der Waals surface area contributed by atoms with Crippen LogP contribution in [0.1, 0.15) is 35.4 Å². The number of benzene rings is 2. The maximum Gasteiger partial charge on any atom is 0.423 e. The number of hydrogen-bond donors (Lipinski definition) is 2. The van der Waals surface area contributed by atoms with Crippen molar-refractivity contribution >= 4 is 58.7 Å². The minimum Gasteiger partial charge on any atom is -0.504 e. The smallest absolute Gasteiger partial charge is 0.423 e. The number of phenolic OH excluding ortho intramolecular Hbond substituents is 1. The molecule has 0 bridgehead atoms. The number of carbonyl (C=O) groups is 5. The zero-order valence-corrected chi connectivity index (χ0v) is 28.6. The zero-order chi connectivity index (χ0) is 37.4. The van der Waals surface area contributed by atoms with E-state index in [2.05, 4.69) is 10.4 Å². The summed E-state index contributed by atoms with van der Waals surface area (Å²) in [6, 6.07) is 11.2. The molecule has 3 heterocycles. The van der Waals surface area contributed by atoms with Crippen LogP contribution in [0, 0.1) is 23.7 Å². The Hall–Kier alpha value is -5.15. The number of aromatic nitrogens is 1. The second-order valence-electron chi connectivity index (χ2n) is 12.8. The summed E-state index contributed by atoms with van der Waals surface area (Å²) in [4.78, 5) is 74.0. The lowest BCUT2D eigenvalue weighted by Gasteiger charge is -2.50. The van der Waals surface area contributed by atoms with Crippen molar-refractivity contribution in [2.24, 2.45) is 23.7 Å². The molecular formula is C35H27Cl2F3N4O8. The van der Waals surface area contributed by atoms with Gasteiger partial charge in [-0.15, -0.1) is 0 Å². The van der Waals surface area contributed by atoms with Gasteiger partial charge in [0.1, 0.15) is 0 Å². The number of phenols is 1. The van der Waals surface area contributed by atoms with Gasteiger partial charge in [0.05, 0.1) is 48.0 Å².